The van der Waals surface area contributed by atoms with Gasteiger partial charge in [0.25, 0.3) is 5.91 Å². The topological polar surface area (TPSA) is 99.1 Å². The first kappa shape index (κ1) is 17.7. The number of carboxylic acids is 1. The van der Waals surface area contributed by atoms with Crippen LogP contribution in [0.1, 0.15) is 24.0 Å². The smallest absolute Gasteiger partial charge is 0.308 e. The Morgan fingerprint density at radius 3 is 2.75 bits per heavy atom. The monoisotopic (exact) mass is 331 g/mol. The molecular formula is C17H21N3O4. The van der Waals surface area contributed by atoms with E-state index >= 15 is 0 Å². The highest BCUT2D eigenvalue weighted by molar-refractivity contribution is 6.39. The molecule has 1 aliphatic heterocycles. The minimum Gasteiger partial charge on any atom is -0.481 e. The first-order chi connectivity index (χ1) is 11.4. The lowest BCUT2D eigenvalue weighted by molar-refractivity contribution is -0.141. The van der Waals surface area contributed by atoms with Gasteiger partial charge in [-0.2, -0.15) is 5.10 Å². The summed E-state index contributed by atoms with van der Waals surface area (Å²) in [5.74, 6) is -2.26. The molecule has 2 rings (SSSR count). The van der Waals surface area contributed by atoms with Gasteiger partial charge < -0.3 is 10.4 Å². The summed E-state index contributed by atoms with van der Waals surface area (Å²) in [4.78, 5) is 34.9. The molecule has 0 radical (unpaired) electrons. The van der Waals surface area contributed by atoms with Crippen molar-refractivity contribution in [3.63, 3.8) is 0 Å². The van der Waals surface area contributed by atoms with Crippen molar-refractivity contribution in [1.82, 2.24) is 10.3 Å². The van der Waals surface area contributed by atoms with Crippen LogP contribution in [0.25, 0.3) is 0 Å². The number of amides is 2. The number of carbonyl (C=O) groups excluding carboxylic acids is 2. The third-order valence-electron chi connectivity index (χ3n) is 3.89. The van der Waals surface area contributed by atoms with Crippen LogP contribution in [0.3, 0.4) is 0 Å². The summed E-state index contributed by atoms with van der Waals surface area (Å²) >= 11 is 0. The van der Waals surface area contributed by atoms with Gasteiger partial charge in [-0.1, -0.05) is 29.8 Å². The van der Waals surface area contributed by atoms with Crippen LogP contribution < -0.4 is 5.32 Å². The highest BCUT2D eigenvalue weighted by Gasteiger charge is 2.24. The number of hydrogen-bond acceptors (Lipinski definition) is 4. The lowest BCUT2D eigenvalue weighted by Crippen LogP contribution is -2.41. The molecule has 0 spiro atoms. The normalized spacial score (nSPS) is 15.7. The van der Waals surface area contributed by atoms with Crippen molar-refractivity contribution in [2.24, 2.45) is 11.0 Å². The number of rotatable bonds is 6. The summed E-state index contributed by atoms with van der Waals surface area (Å²) in [6.07, 6.45) is 0.835. The van der Waals surface area contributed by atoms with Crippen LogP contribution in [-0.4, -0.2) is 47.2 Å². The van der Waals surface area contributed by atoms with E-state index in [0.29, 0.717) is 6.42 Å². The maximum Gasteiger partial charge on any atom is 0.308 e. The van der Waals surface area contributed by atoms with Crippen molar-refractivity contribution < 1.29 is 19.5 Å². The predicted molar refractivity (Wildman–Crippen MR) is 88.5 cm³/mol. The molecule has 0 fully saturated rings. The van der Waals surface area contributed by atoms with E-state index in [1.807, 2.05) is 31.2 Å². The van der Waals surface area contributed by atoms with Crippen LogP contribution in [-0.2, 0) is 20.8 Å². The predicted octanol–water partition coefficient (Wildman–Crippen LogP) is 0.963. The molecule has 7 heteroatoms. The molecule has 0 saturated heterocycles. The zero-order valence-electron chi connectivity index (χ0n) is 13.8. The molecule has 2 N–H and O–H groups in total. The van der Waals surface area contributed by atoms with Gasteiger partial charge in [0.15, 0.2) is 0 Å². The number of hydrazone groups is 1. The number of benzene rings is 1. The molecule has 1 heterocycles. The number of nitrogens with one attached hydrogen (secondary N) is 1. The Bertz CT molecular complexity index is 684. The molecule has 24 heavy (non-hydrogen) atoms. The van der Waals surface area contributed by atoms with Crippen molar-refractivity contribution >= 4 is 23.5 Å². The van der Waals surface area contributed by atoms with Crippen LogP contribution in [0, 0.1) is 12.8 Å². The van der Waals surface area contributed by atoms with E-state index in [-0.39, 0.29) is 31.0 Å². The number of hydrogen-bond donors (Lipinski definition) is 2. The maximum atomic E-state index is 12.1. The van der Waals surface area contributed by atoms with Gasteiger partial charge in [0.1, 0.15) is 5.71 Å². The summed E-state index contributed by atoms with van der Waals surface area (Å²) in [6, 6.07) is 7.63. The zero-order chi connectivity index (χ0) is 17.7. The SMILES string of the molecule is Cc1cccc(C[C@H](CNC(=O)C2=NN(C)C(=O)CC2)C(=O)O)c1. The molecule has 1 aromatic carbocycles. The average Bonchev–Trinajstić information content (AvgIpc) is 2.53. The fraction of sp³-hybridized carbons (Fsp3) is 0.412. The Morgan fingerprint density at radius 2 is 2.12 bits per heavy atom. The number of carboxylic acid groups (broad SMARTS) is 1. The number of carbonyl (C=O) groups is 3. The number of aliphatic carboxylic acids is 1. The van der Waals surface area contributed by atoms with Crippen LogP contribution in [0.4, 0.5) is 0 Å². The second-order valence-corrected chi connectivity index (χ2v) is 5.90. The van der Waals surface area contributed by atoms with E-state index in [0.717, 1.165) is 16.1 Å². The molecule has 0 bridgehead atoms. The van der Waals surface area contributed by atoms with Gasteiger partial charge in [0.05, 0.1) is 5.92 Å². The van der Waals surface area contributed by atoms with E-state index in [4.69, 9.17) is 0 Å². The summed E-state index contributed by atoms with van der Waals surface area (Å²) in [5, 5.41) is 17.0. The van der Waals surface area contributed by atoms with Crippen LogP contribution in [0.2, 0.25) is 0 Å². The van der Waals surface area contributed by atoms with E-state index in [1.165, 1.54) is 7.05 Å². The third kappa shape index (κ3) is 4.65. The largest absolute Gasteiger partial charge is 0.481 e. The lowest BCUT2D eigenvalue weighted by Gasteiger charge is -2.20. The molecule has 0 saturated carbocycles. The molecule has 7 nitrogen and oxygen atoms in total. The van der Waals surface area contributed by atoms with Crippen molar-refractivity contribution in [2.45, 2.75) is 26.2 Å². The second-order valence-electron chi connectivity index (χ2n) is 5.90. The fourth-order valence-electron chi connectivity index (χ4n) is 2.52. The third-order valence-corrected chi connectivity index (χ3v) is 3.89. The molecule has 0 aromatic heterocycles. The first-order valence-electron chi connectivity index (χ1n) is 7.77. The highest BCUT2D eigenvalue weighted by Crippen LogP contribution is 2.12. The van der Waals surface area contributed by atoms with Crippen molar-refractivity contribution in [2.75, 3.05) is 13.6 Å². The second kappa shape index (κ2) is 7.72. The molecule has 0 aliphatic carbocycles. The van der Waals surface area contributed by atoms with Crippen molar-refractivity contribution in [1.29, 1.82) is 0 Å². The van der Waals surface area contributed by atoms with Crippen LogP contribution in [0.15, 0.2) is 29.4 Å². The number of nitrogens with zero attached hydrogens (tertiary/aromatic N) is 2. The van der Waals surface area contributed by atoms with E-state index in [2.05, 4.69) is 10.4 Å². The zero-order valence-corrected chi connectivity index (χ0v) is 13.8. The minimum atomic E-state index is -0.963. The average molecular weight is 331 g/mol. The fourth-order valence-corrected chi connectivity index (χ4v) is 2.52. The summed E-state index contributed by atoms with van der Waals surface area (Å²) in [6.45, 7) is 1.96. The summed E-state index contributed by atoms with van der Waals surface area (Å²) < 4.78 is 0. The molecule has 2 amide bonds. The Hall–Kier alpha value is -2.70. The Kier molecular flexibility index (Phi) is 5.68. The maximum absolute atomic E-state index is 12.1. The van der Waals surface area contributed by atoms with E-state index in [9.17, 15) is 19.5 Å². The van der Waals surface area contributed by atoms with Gasteiger partial charge >= 0.3 is 5.97 Å². The standard InChI is InChI=1S/C17H21N3O4/c1-11-4-3-5-12(8-11)9-13(17(23)24)10-18-16(22)14-6-7-15(21)20(2)19-14/h3-5,8,13H,6-7,9-10H2,1-2H3,(H,18,22)(H,23,24)/t13-/m1/s1. The molecule has 1 atom stereocenters. The van der Waals surface area contributed by atoms with Crippen molar-refractivity contribution in [3.05, 3.63) is 35.4 Å². The van der Waals surface area contributed by atoms with Crippen LogP contribution in [0.5, 0.6) is 0 Å². The quantitative estimate of drug-likeness (QED) is 0.811. The highest BCUT2D eigenvalue weighted by atomic mass is 16.4. The van der Waals surface area contributed by atoms with Gasteiger partial charge in [-0.05, 0) is 18.9 Å². The van der Waals surface area contributed by atoms with Gasteiger partial charge in [-0.15, -0.1) is 0 Å². The summed E-state index contributed by atoms with van der Waals surface area (Å²) in [5.41, 5.74) is 2.22. The molecule has 1 aliphatic rings. The molecule has 128 valence electrons. The van der Waals surface area contributed by atoms with Crippen molar-refractivity contribution in [3.8, 4) is 0 Å². The minimum absolute atomic E-state index is 0.0127. The molecule has 1 aromatic rings. The van der Waals surface area contributed by atoms with Gasteiger partial charge in [-0.3, -0.25) is 14.4 Å². The number of aryl methyl sites for hydroxylation is 1. The van der Waals surface area contributed by atoms with Gasteiger partial charge in [0.2, 0.25) is 5.91 Å². The Labute approximate surface area is 140 Å². The van der Waals surface area contributed by atoms with E-state index in [1.54, 1.807) is 0 Å². The summed E-state index contributed by atoms with van der Waals surface area (Å²) in [7, 11) is 1.49. The lowest BCUT2D eigenvalue weighted by atomic mass is 9.98. The Morgan fingerprint density at radius 1 is 1.38 bits per heavy atom. The van der Waals surface area contributed by atoms with Crippen LogP contribution >= 0.6 is 0 Å². The molecular weight excluding hydrogens is 310 g/mol. The van der Waals surface area contributed by atoms with Gasteiger partial charge in [-0.25, -0.2) is 5.01 Å². The van der Waals surface area contributed by atoms with Gasteiger partial charge in [0, 0.05) is 26.4 Å². The first-order valence-corrected chi connectivity index (χ1v) is 7.77. The van der Waals surface area contributed by atoms with E-state index < -0.39 is 17.8 Å². The Balaban J connectivity index is 1.96. The molecule has 0 unspecified atom stereocenters.